The average Bonchev–Trinajstić information content (AvgIpc) is 2.45. The van der Waals surface area contributed by atoms with Crippen molar-refractivity contribution in [3.63, 3.8) is 0 Å². The second kappa shape index (κ2) is 6.49. The molecule has 1 aliphatic rings. The summed E-state index contributed by atoms with van der Waals surface area (Å²) < 4.78 is 27.2. The number of nitrogen functional groups attached to an aromatic ring is 1. The van der Waals surface area contributed by atoms with Gasteiger partial charge in [-0.05, 0) is 38.4 Å². The summed E-state index contributed by atoms with van der Waals surface area (Å²) in [7, 11) is -1.54. The number of piperidine rings is 1. The lowest BCUT2D eigenvalue weighted by Gasteiger charge is -2.29. The number of anilines is 1. The number of aromatic nitrogens is 1. The van der Waals surface area contributed by atoms with Gasteiger partial charge in [-0.25, -0.2) is 13.1 Å². The Morgan fingerprint density at radius 3 is 3.05 bits per heavy atom. The van der Waals surface area contributed by atoms with Gasteiger partial charge < -0.3 is 10.3 Å². The summed E-state index contributed by atoms with van der Waals surface area (Å²) >= 11 is 0. The first-order chi connectivity index (χ1) is 9.53. The van der Waals surface area contributed by atoms with Crippen molar-refractivity contribution in [2.75, 3.05) is 32.1 Å². The van der Waals surface area contributed by atoms with Crippen molar-refractivity contribution in [2.45, 2.75) is 17.7 Å². The molecular weight excluding hydrogens is 278 g/mol. The van der Waals surface area contributed by atoms with Crippen molar-refractivity contribution >= 4 is 15.7 Å². The van der Waals surface area contributed by atoms with Crippen LogP contribution in [-0.2, 0) is 10.0 Å². The van der Waals surface area contributed by atoms with Crippen LogP contribution in [-0.4, -0.2) is 45.0 Å². The van der Waals surface area contributed by atoms with E-state index >= 15 is 0 Å². The fourth-order valence-electron chi connectivity index (χ4n) is 2.46. The lowest BCUT2D eigenvalue weighted by Crippen LogP contribution is -2.39. The van der Waals surface area contributed by atoms with Crippen molar-refractivity contribution in [3.05, 3.63) is 18.5 Å². The zero-order valence-corrected chi connectivity index (χ0v) is 12.4. The van der Waals surface area contributed by atoms with E-state index in [-0.39, 0.29) is 4.90 Å². The molecule has 1 aliphatic heterocycles. The van der Waals surface area contributed by atoms with Gasteiger partial charge in [0.2, 0.25) is 10.0 Å². The predicted octanol–water partition coefficient (Wildman–Crippen LogP) is -0.0127. The number of nitrogens with two attached hydrogens (primary N) is 1. The van der Waals surface area contributed by atoms with Crippen LogP contribution in [0, 0.1) is 5.92 Å². The molecule has 112 valence electrons. The largest absolute Gasteiger partial charge is 0.323 e. The molecule has 0 radical (unpaired) electrons. The molecule has 0 bridgehead atoms. The topological polar surface area (TPSA) is 100 Å². The average molecular weight is 299 g/mol. The number of pyridine rings is 1. The van der Waals surface area contributed by atoms with Crippen LogP contribution in [0.15, 0.2) is 23.4 Å². The molecule has 0 aromatic carbocycles. The van der Waals surface area contributed by atoms with Crippen LogP contribution in [0.2, 0.25) is 0 Å². The minimum Gasteiger partial charge on any atom is -0.323 e. The lowest BCUT2D eigenvalue weighted by molar-refractivity contribution is 0.211. The van der Waals surface area contributed by atoms with E-state index in [2.05, 4.69) is 27.1 Å². The van der Waals surface area contributed by atoms with Gasteiger partial charge in [-0.3, -0.25) is 10.8 Å². The van der Waals surface area contributed by atoms with Crippen LogP contribution < -0.4 is 16.0 Å². The smallest absolute Gasteiger partial charge is 0.244 e. The van der Waals surface area contributed by atoms with Gasteiger partial charge in [-0.2, -0.15) is 0 Å². The summed E-state index contributed by atoms with van der Waals surface area (Å²) in [6.45, 7) is 2.43. The summed E-state index contributed by atoms with van der Waals surface area (Å²) in [5.41, 5.74) is 2.72. The number of hydrazine groups is 1. The first kappa shape index (κ1) is 15.2. The standard InChI is InChI=1S/C12H21N5O2S/c1-17-6-2-3-10(9-17)7-15-20(18,19)12-8-14-5-4-11(12)16-13/h4-5,8,10,15H,2-3,6-7,9,13H2,1H3,(H,14,16). The van der Waals surface area contributed by atoms with Crippen LogP contribution in [0.3, 0.4) is 0 Å². The van der Waals surface area contributed by atoms with Gasteiger partial charge in [0, 0.05) is 25.5 Å². The molecule has 7 nitrogen and oxygen atoms in total. The van der Waals surface area contributed by atoms with Crippen molar-refractivity contribution in [3.8, 4) is 0 Å². The monoisotopic (exact) mass is 299 g/mol. The third kappa shape index (κ3) is 3.66. The molecule has 1 unspecified atom stereocenters. The minimum absolute atomic E-state index is 0.0756. The van der Waals surface area contributed by atoms with Crippen molar-refractivity contribution in [1.29, 1.82) is 0 Å². The highest BCUT2D eigenvalue weighted by atomic mass is 32.2. The molecule has 0 saturated carbocycles. The van der Waals surface area contributed by atoms with Gasteiger partial charge in [0.25, 0.3) is 0 Å². The Morgan fingerprint density at radius 1 is 1.55 bits per heavy atom. The first-order valence-electron chi connectivity index (χ1n) is 6.62. The van der Waals surface area contributed by atoms with Gasteiger partial charge in [0.15, 0.2) is 0 Å². The molecule has 8 heteroatoms. The van der Waals surface area contributed by atoms with Gasteiger partial charge in [0.1, 0.15) is 4.90 Å². The van der Waals surface area contributed by atoms with E-state index in [0.717, 1.165) is 25.9 Å². The Bertz CT molecular complexity index is 549. The van der Waals surface area contributed by atoms with Crippen molar-refractivity contribution in [1.82, 2.24) is 14.6 Å². The molecule has 0 amide bonds. The SMILES string of the molecule is CN1CCCC(CNS(=O)(=O)c2cnccc2NN)C1. The molecule has 1 aromatic rings. The van der Waals surface area contributed by atoms with Crippen molar-refractivity contribution in [2.24, 2.45) is 11.8 Å². The Morgan fingerprint density at radius 2 is 2.35 bits per heavy atom. The lowest BCUT2D eigenvalue weighted by atomic mass is 9.99. The summed E-state index contributed by atoms with van der Waals surface area (Å²) in [6, 6.07) is 1.53. The number of nitrogens with zero attached hydrogens (tertiary/aromatic N) is 2. The first-order valence-corrected chi connectivity index (χ1v) is 8.10. The molecule has 1 aromatic heterocycles. The molecule has 2 heterocycles. The van der Waals surface area contributed by atoms with Crippen LogP contribution in [0.1, 0.15) is 12.8 Å². The molecule has 1 fully saturated rings. The number of hydrogen-bond donors (Lipinski definition) is 3. The maximum absolute atomic E-state index is 12.3. The van der Waals surface area contributed by atoms with Crippen LogP contribution in [0.4, 0.5) is 5.69 Å². The van der Waals surface area contributed by atoms with E-state index < -0.39 is 10.0 Å². The third-order valence-corrected chi connectivity index (χ3v) is 4.96. The summed E-state index contributed by atoms with van der Waals surface area (Å²) in [6.07, 6.45) is 4.93. The highest BCUT2D eigenvalue weighted by Crippen LogP contribution is 2.19. The Hall–Kier alpha value is -1.22. The third-order valence-electron chi connectivity index (χ3n) is 3.51. The molecule has 1 atom stereocenters. The molecule has 0 spiro atoms. The van der Waals surface area contributed by atoms with Gasteiger partial charge >= 0.3 is 0 Å². The fraction of sp³-hybridized carbons (Fsp3) is 0.583. The Labute approximate surface area is 119 Å². The molecule has 1 saturated heterocycles. The van der Waals surface area contributed by atoms with Crippen LogP contribution in [0.5, 0.6) is 0 Å². The highest BCUT2D eigenvalue weighted by Gasteiger charge is 2.22. The van der Waals surface area contributed by atoms with Gasteiger partial charge in [0.05, 0.1) is 5.69 Å². The van der Waals surface area contributed by atoms with E-state index in [1.165, 1.54) is 18.5 Å². The van der Waals surface area contributed by atoms with Crippen molar-refractivity contribution < 1.29 is 8.42 Å². The molecular formula is C12H21N5O2S. The zero-order chi connectivity index (χ0) is 14.6. The Balaban J connectivity index is 2.04. The number of sulfonamides is 1. The second-order valence-corrected chi connectivity index (χ2v) is 6.87. The van der Waals surface area contributed by atoms with Gasteiger partial charge in [-0.15, -0.1) is 0 Å². The number of nitrogens with one attached hydrogen (secondary N) is 2. The minimum atomic E-state index is -3.59. The zero-order valence-electron chi connectivity index (χ0n) is 11.5. The molecule has 2 rings (SSSR count). The number of rotatable bonds is 5. The Kier molecular flexibility index (Phi) is 4.92. The maximum atomic E-state index is 12.3. The summed E-state index contributed by atoms with van der Waals surface area (Å²) in [5.74, 6) is 5.67. The molecule has 4 N–H and O–H groups in total. The maximum Gasteiger partial charge on any atom is 0.244 e. The van der Waals surface area contributed by atoms with E-state index in [9.17, 15) is 8.42 Å². The van der Waals surface area contributed by atoms with E-state index in [0.29, 0.717) is 18.2 Å². The number of hydrogen-bond acceptors (Lipinski definition) is 6. The van der Waals surface area contributed by atoms with Crippen LogP contribution in [0.25, 0.3) is 0 Å². The normalized spacial score (nSPS) is 20.8. The summed E-state index contributed by atoms with van der Waals surface area (Å²) in [4.78, 5) is 6.14. The molecule has 0 aliphatic carbocycles. The number of likely N-dealkylation sites (tertiary alicyclic amines) is 1. The fourth-order valence-corrected chi connectivity index (χ4v) is 3.69. The predicted molar refractivity (Wildman–Crippen MR) is 77.5 cm³/mol. The summed E-state index contributed by atoms with van der Waals surface area (Å²) in [5, 5.41) is 0. The van der Waals surface area contributed by atoms with E-state index in [1.807, 2.05) is 0 Å². The highest BCUT2D eigenvalue weighted by molar-refractivity contribution is 7.89. The molecule has 20 heavy (non-hydrogen) atoms. The van der Waals surface area contributed by atoms with E-state index in [1.54, 1.807) is 0 Å². The second-order valence-electron chi connectivity index (χ2n) is 5.14. The van der Waals surface area contributed by atoms with E-state index in [4.69, 9.17) is 5.84 Å². The van der Waals surface area contributed by atoms with Crippen LogP contribution >= 0.6 is 0 Å². The quantitative estimate of drug-likeness (QED) is 0.522. The van der Waals surface area contributed by atoms with Gasteiger partial charge in [-0.1, -0.05) is 0 Å².